The zero-order chi connectivity index (χ0) is 21.6. The van der Waals surface area contributed by atoms with E-state index < -0.39 is 20.9 Å². The van der Waals surface area contributed by atoms with Crippen molar-refractivity contribution in [3.8, 4) is 0 Å². The normalized spacial score (nSPS) is 11.7. The maximum absolute atomic E-state index is 12.5. The van der Waals surface area contributed by atoms with E-state index in [9.17, 15) is 23.3 Å². The zero-order valence-corrected chi connectivity index (χ0v) is 17.4. The molecule has 0 fully saturated rings. The van der Waals surface area contributed by atoms with E-state index in [0.29, 0.717) is 18.7 Å². The summed E-state index contributed by atoms with van der Waals surface area (Å²) in [5.41, 5.74) is 0.551. The van der Waals surface area contributed by atoms with Crippen molar-refractivity contribution in [2.45, 2.75) is 18.7 Å². The van der Waals surface area contributed by atoms with Crippen LogP contribution in [0.2, 0.25) is 5.02 Å². The molecule has 154 valence electrons. The Morgan fingerprint density at radius 2 is 1.79 bits per heavy atom. The lowest BCUT2D eigenvalue weighted by Crippen LogP contribution is -2.30. The molecule has 0 aliphatic rings. The molecule has 0 unspecified atom stereocenters. The molecule has 2 rings (SSSR count). The van der Waals surface area contributed by atoms with Crippen molar-refractivity contribution < 1.29 is 18.1 Å². The number of nitro benzene ring substituents is 1. The lowest BCUT2D eigenvalue weighted by atomic mass is 10.2. The number of nitrogens with one attached hydrogen (secondary N) is 1. The molecule has 2 aromatic carbocycles. The van der Waals surface area contributed by atoms with Gasteiger partial charge in [0.15, 0.2) is 0 Å². The summed E-state index contributed by atoms with van der Waals surface area (Å²) in [6.45, 7) is 4.30. The minimum Gasteiger partial charge on any atom is -0.322 e. The molecule has 29 heavy (non-hydrogen) atoms. The second kappa shape index (κ2) is 9.64. The number of hydrogen-bond donors (Lipinski definition) is 1. The molecule has 2 aromatic rings. The van der Waals surface area contributed by atoms with Crippen molar-refractivity contribution in [3.05, 3.63) is 69.2 Å². The van der Waals surface area contributed by atoms with Crippen LogP contribution in [0.5, 0.6) is 0 Å². The van der Waals surface area contributed by atoms with Crippen LogP contribution in [-0.4, -0.2) is 36.6 Å². The van der Waals surface area contributed by atoms with Crippen molar-refractivity contribution in [3.63, 3.8) is 0 Å². The molecule has 0 aliphatic carbocycles. The molecule has 10 heteroatoms. The number of nitro groups is 1. The number of benzene rings is 2. The van der Waals surface area contributed by atoms with E-state index in [-0.39, 0.29) is 21.3 Å². The third kappa shape index (κ3) is 5.63. The molecule has 0 aliphatic heterocycles. The highest BCUT2D eigenvalue weighted by Gasteiger charge is 2.21. The Morgan fingerprint density at radius 3 is 2.34 bits per heavy atom. The van der Waals surface area contributed by atoms with Crippen LogP contribution in [0.15, 0.2) is 53.4 Å². The third-order valence-corrected chi connectivity index (χ3v) is 6.44. The predicted octanol–water partition coefficient (Wildman–Crippen LogP) is 3.93. The van der Waals surface area contributed by atoms with Gasteiger partial charge in [0, 0.05) is 30.9 Å². The van der Waals surface area contributed by atoms with Gasteiger partial charge >= 0.3 is 0 Å². The number of anilines is 1. The number of carbonyl (C=O) groups is 1. The molecule has 0 saturated carbocycles. The van der Waals surface area contributed by atoms with Crippen molar-refractivity contribution >= 4 is 45.0 Å². The molecule has 0 saturated heterocycles. The summed E-state index contributed by atoms with van der Waals surface area (Å²) in [6.07, 6.45) is 2.75. The van der Waals surface area contributed by atoms with Gasteiger partial charge in [-0.15, -0.1) is 0 Å². The zero-order valence-electron chi connectivity index (χ0n) is 15.8. The van der Waals surface area contributed by atoms with Crippen LogP contribution in [0.4, 0.5) is 11.4 Å². The number of sulfonamides is 1. The Morgan fingerprint density at radius 1 is 1.17 bits per heavy atom. The third-order valence-electron chi connectivity index (χ3n) is 4.06. The lowest BCUT2D eigenvalue weighted by Gasteiger charge is -2.18. The van der Waals surface area contributed by atoms with Gasteiger partial charge in [-0.05, 0) is 35.9 Å². The quantitative estimate of drug-likeness (QED) is 0.382. The Balaban J connectivity index is 2.09. The second-order valence-corrected chi connectivity index (χ2v) is 8.25. The average molecular weight is 438 g/mol. The number of carbonyl (C=O) groups excluding carboxylic acids is 1. The smallest absolute Gasteiger partial charge is 0.289 e. The van der Waals surface area contributed by atoms with Gasteiger partial charge in [0.25, 0.3) is 5.69 Å². The summed E-state index contributed by atoms with van der Waals surface area (Å²) in [6, 6.07) is 10.1. The highest BCUT2D eigenvalue weighted by molar-refractivity contribution is 7.89. The summed E-state index contributed by atoms with van der Waals surface area (Å²) in [7, 11) is -3.54. The SMILES string of the molecule is CCN(CC)S(=O)(=O)c1ccc(/C=C/C(=O)Nc2ccc(Cl)c([N+](=O)[O-])c2)cc1. The highest BCUT2D eigenvalue weighted by atomic mass is 35.5. The van der Waals surface area contributed by atoms with Gasteiger partial charge in [-0.2, -0.15) is 4.31 Å². The van der Waals surface area contributed by atoms with Crippen LogP contribution in [0.1, 0.15) is 19.4 Å². The van der Waals surface area contributed by atoms with E-state index in [4.69, 9.17) is 11.6 Å². The van der Waals surface area contributed by atoms with Gasteiger partial charge in [0.2, 0.25) is 15.9 Å². The Labute approximate surface area is 174 Å². The van der Waals surface area contributed by atoms with Gasteiger partial charge in [0.1, 0.15) is 5.02 Å². The standard InChI is InChI=1S/C19H20ClN3O5S/c1-3-22(4-2)29(27,28)16-9-5-14(6-10-16)7-12-19(24)21-15-8-11-17(20)18(13-15)23(25)26/h5-13H,3-4H2,1-2H3,(H,21,24)/b12-7+. The van der Waals surface area contributed by atoms with Gasteiger partial charge in [-0.3, -0.25) is 14.9 Å². The minimum atomic E-state index is -3.54. The maximum Gasteiger partial charge on any atom is 0.289 e. The first-order valence-electron chi connectivity index (χ1n) is 8.72. The van der Waals surface area contributed by atoms with Crippen molar-refractivity contribution in [1.29, 1.82) is 0 Å². The van der Waals surface area contributed by atoms with Crippen LogP contribution in [-0.2, 0) is 14.8 Å². The molecule has 1 N–H and O–H groups in total. The van der Waals surface area contributed by atoms with Crippen LogP contribution < -0.4 is 5.32 Å². The number of hydrogen-bond acceptors (Lipinski definition) is 5. The molecule has 0 spiro atoms. The average Bonchev–Trinajstić information content (AvgIpc) is 2.68. The molecule has 0 radical (unpaired) electrons. The molecule has 0 bridgehead atoms. The van der Waals surface area contributed by atoms with Crippen LogP contribution >= 0.6 is 11.6 Å². The first-order chi connectivity index (χ1) is 13.7. The van der Waals surface area contributed by atoms with E-state index in [2.05, 4.69) is 5.32 Å². The van der Waals surface area contributed by atoms with Gasteiger partial charge in [-0.25, -0.2) is 8.42 Å². The lowest BCUT2D eigenvalue weighted by molar-refractivity contribution is -0.384. The van der Waals surface area contributed by atoms with E-state index in [1.807, 2.05) is 0 Å². The van der Waals surface area contributed by atoms with Gasteiger partial charge in [0.05, 0.1) is 9.82 Å². The summed E-state index contributed by atoms with van der Waals surface area (Å²) >= 11 is 5.74. The van der Waals surface area contributed by atoms with E-state index in [1.165, 1.54) is 46.8 Å². The summed E-state index contributed by atoms with van der Waals surface area (Å²) in [5.74, 6) is -0.499. The van der Waals surface area contributed by atoms with Crippen LogP contribution in [0.25, 0.3) is 6.08 Å². The van der Waals surface area contributed by atoms with Crippen molar-refractivity contribution in [2.24, 2.45) is 0 Å². The molecule has 1 amide bonds. The highest BCUT2D eigenvalue weighted by Crippen LogP contribution is 2.27. The monoisotopic (exact) mass is 437 g/mol. The molecule has 0 atom stereocenters. The largest absolute Gasteiger partial charge is 0.322 e. The van der Waals surface area contributed by atoms with Crippen molar-refractivity contribution in [1.82, 2.24) is 4.31 Å². The topological polar surface area (TPSA) is 110 Å². The predicted molar refractivity (Wildman–Crippen MR) is 112 cm³/mol. The van der Waals surface area contributed by atoms with E-state index in [1.54, 1.807) is 26.0 Å². The maximum atomic E-state index is 12.5. The fraction of sp³-hybridized carbons (Fsp3) is 0.211. The Bertz CT molecular complexity index is 1030. The Kier molecular flexibility index (Phi) is 7.49. The number of amides is 1. The first kappa shape index (κ1) is 22.5. The number of nitrogens with zero attached hydrogens (tertiary/aromatic N) is 2. The van der Waals surface area contributed by atoms with E-state index >= 15 is 0 Å². The first-order valence-corrected chi connectivity index (χ1v) is 10.5. The summed E-state index contributed by atoms with van der Waals surface area (Å²) in [5, 5.41) is 13.4. The molecule has 0 heterocycles. The number of rotatable bonds is 8. The minimum absolute atomic E-state index is 0.0247. The molecular weight excluding hydrogens is 418 g/mol. The Hall–Kier alpha value is -2.75. The fourth-order valence-electron chi connectivity index (χ4n) is 2.55. The number of halogens is 1. The second-order valence-electron chi connectivity index (χ2n) is 5.90. The molecule has 0 aromatic heterocycles. The molecule has 8 nitrogen and oxygen atoms in total. The summed E-state index contributed by atoms with van der Waals surface area (Å²) in [4.78, 5) is 22.5. The fourth-order valence-corrected chi connectivity index (χ4v) is 4.19. The van der Waals surface area contributed by atoms with Crippen LogP contribution in [0, 0.1) is 10.1 Å². The summed E-state index contributed by atoms with van der Waals surface area (Å²) < 4.78 is 26.3. The molecular formula is C19H20ClN3O5S. The van der Waals surface area contributed by atoms with E-state index in [0.717, 1.165) is 0 Å². The van der Waals surface area contributed by atoms with Crippen LogP contribution in [0.3, 0.4) is 0 Å². The van der Waals surface area contributed by atoms with Crippen molar-refractivity contribution in [2.75, 3.05) is 18.4 Å². The van der Waals surface area contributed by atoms with Gasteiger partial charge < -0.3 is 5.32 Å². The van der Waals surface area contributed by atoms with Gasteiger partial charge in [-0.1, -0.05) is 37.6 Å².